The highest BCUT2D eigenvalue weighted by molar-refractivity contribution is 5.73. The Labute approximate surface area is 79.7 Å². The van der Waals surface area contributed by atoms with Crippen molar-refractivity contribution in [2.45, 2.75) is 19.9 Å². The maximum atomic E-state index is 10.8. The van der Waals surface area contributed by atoms with Gasteiger partial charge < -0.3 is 10.6 Å². The lowest BCUT2D eigenvalue weighted by Crippen LogP contribution is -2.49. The second kappa shape index (κ2) is 5.19. The number of rotatable bonds is 3. The van der Waals surface area contributed by atoms with Crippen LogP contribution in [0.5, 0.6) is 0 Å². The van der Waals surface area contributed by atoms with Crippen molar-refractivity contribution in [3.63, 3.8) is 0 Å². The van der Waals surface area contributed by atoms with Gasteiger partial charge in [0.2, 0.25) is 5.91 Å². The number of amides is 1. The zero-order valence-corrected chi connectivity index (χ0v) is 8.47. The van der Waals surface area contributed by atoms with Crippen LogP contribution in [0.15, 0.2) is 0 Å². The molecule has 0 radical (unpaired) electrons. The van der Waals surface area contributed by atoms with E-state index < -0.39 is 0 Å². The fourth-order valence-electron chi connectivity index (χ4n) is 1.67. The first kappa shape index (κ1) is 10.5. The topological polar surface area (TPSA) is 44.4 Å². The summed E-state index contributed by atoms with van der Waals surface area (Å²) >= 11 is 0. The minimum Gasteiger partial charge on any atom is -0.353 e. The van der Waals surface area contributed by atoms with Crippen molar-refractivity contribution in [1.29, 1.82) is 0 Å². The molecule has 2 N–H and O–H groups in total. The number of nitrogens with one attached hydrogen (secondary N) is 2. The van der Waals surface area contributed by atoms with Gasteiger partial charge in [-0.3, -0.25) is 9.69 Å². The van der Waals surface area contributed by atoms with E-state index in [1.165, 1.54) is 0 Å². The Morgan fingerprint density at radius 3 is 2.69 bits per heavy atom. The van der Waals surface area contributed by atoms with Crippen molar-refractivity contribution in [3.8, 4) is 0 Å². The largest absolute Gasteiger partial charge is 0.353 e. The van der Waals surface area contributed by atoms with Gasteiger partial charge in [-0.15, -0.1) is 0 Å². The minimum atomic E-state index is 0.0580. The Bertz CT molecular complexity index is 166. The van der Waals surface area contributed by atoms with E-state index in [1.54, 1.807) is 6.92 Å². The van der Waals surface area contributed by atoms with E-state index >= 15 is 0 Å². The Balaban J connectivity index is 2.18. The predicted octanol–water partition coefficient (Wildman–Crippen LogP) is -0.584. The standard InChI is InChI=1S/C9H19N3O/c1-8(11-9(2)13)7-12-5-3-10-4-6-12/h8,10H,3-7H2,1-2H3,(H,11,13). The zero-order valence-electron chi connectivity index (χ0n) is 8.47. The van der Waals surface area contributed by atoms with Crippen molar-refractivity contribution in [3.05, 3.63) is 0 Å². The van der Waals surface area contributed by atoms with Gasteiger partial charge >= 0.3 is 0 Å². The van der Waals surface area contributed by atoms with Gasteiger partial charge in [-0.1, -0.05) is 0 Å². The lowest BCUT2D eigenvalue weighted by atomic mass is 10.2. The molecule has 1 aliphatic rings. The molecule has 1 heterocycles. The van der Waals surface area contributed by atoms with E-state index in [1.807, 2.05) is 6.92 Å². The van der Waals surface area contributed by atoms with Gasteiger partial charge in [-0.25, -0.2) is 0 Å². The first-order valence-corrected chi connectivity index (χ1v) is 4.88. The van der Waals surface area contributed by atoms with Crippen molar-refractivity contribution in [2.24, 2.45) is 0 Å². The van der Waals surface area contributed by atoms with Crippen LogP contribution in [-0.2, 0) is 4.79 Å². The molecule has 0 saturated carbocycles. The first-order valence-electron chi connectivity index (χ1n) is 4.88. The molecule has 13 heavy (non-hydrogen) atoms. The SMILES string of the molecule is CC(=O)NC(C)CN1CCNCC1. The van der Waals surface area contributed by atoms with E-state index in [4.69, 9.17) is 0 Å². The van der Waals surface area contributed by atoms with Crippen molar-refractivity contribution in [2.75, 3.05) is 32.7 Å². The summed E-state index contributed by atoms with van der Waals surface area (Å²) in [7, 11) is 0. The molecule has 0 aliphatic carbocycles. The van der Waals surface area contributed by atoms with E-state index in [9.17, 15) is 4.79 Å². The summed E-state index contributed by atoms with van der Waals surface area (Å²) in [5.41, 5.74) is 0. The maximum absolute atomic E-state index is 10.8. The van der Waals surface area contributed by atoms with Crippen molar-refractivity contribution < 1.29 is 4.79 Å². The maximum Gasteiger partial charge on any atom is 0.217 e. The van der Waals surface area contributed by atoms with Crippen LogP contribution >= 0.6 is 0 Å². The molecular formula is C9H19N3O. The molecule has 0 aromatic carbocycles. The summed E-state index contributed by atoms with van der Waals surface area (Å²) < 4.78 is 0. The van der Waals surface area contributed by atoms with Crippen LogP contribution < -0.4 is 10.6 Å². The average Bonchev–Trinajstić information content (AvgIpc) is 2.04. The van der Waals surface area contributed by atoms with Crippen molar-refractivity contribution >= 4 is 5.91 Å². The number of carbonyl (C=O) groups is 1. The molecule has 0 aromatic rings. The van der Waals surface area contributed by atoms with Crippen molar-refractivity contribution in [1.82, 2.24) is 15.5 Å². The number of piperazine rings is 1. The third-order valence-electron chi connectivity index (χ3n) is 2.19. The highest BCUT2D eigenvalue weighted by Crippen LogP contribution is 1.94. The molecule has 1 rings (SSSR count). The summed E-state index contributed by atoms with van der Waals surface area (Å²) in [5.74, 6) is 0.0580. The number of carbonyl (C=O) groups excluding carboxylic acids is 1. The average molecular weight is 185 g/mol. The molecule has 1 aliphatic heterocycles. The molecule has 0 aromatic heterocycles. The number of hydrogen-bond donors (Lipinski definition) is 2. The Kier molecular flexibility index (Phi) is 4.18. The fourth-order valence-corrected chi connectivity index (χ4v) is 1.67. The third kappa shape index (κ3) is 4.24. The van der Waals surface area contributed by atoms with E-state index in [0.29, 0.717) is 0 Å². The first-order chi connectivity index (χ1) is 6.18. The Morgan fingerprint density at radius 2 is 2.15 bits per heavy atom. The van der Waals surface area contributed by atoms with Gasteiger partial charge in [0.25, 0.3) is 0 Å². The lowest BCUT2D eigenvalue weighted by Gasteiger charge is -2.29. The van der Waals surface area contributed by atoms with Gasteiger partial charge in [0, 0.05) is 45.7 Å². The number of hydrogen-bond acceptors (Lipinski definition) is 3. The van der Waals surface area contributed by atoms with Crippen LogP contribution in [0.1, 0.15) is 13.8 Å². The van der Waals surface area contributed by atoms with Crippen LogP contribution in [0.4, 0.5) is 0 Å². The molecule has 4 nitrogen and oxygen atoms in total. The van der Waals surface area contributed by atoms with Crippen LogP contribution in [0.2, 0.25) is 0 Å². The molecule has 76 valence electrons. The Morgan fingerprint density at radius 1 is 1.54 bits per heavy atom. The molecule has 1 atom stereocenters. The number of nitrogens with zero attached hydrogens (tertiary/aromatic N) is 1. The lowest BCUT2D eigenvalue weighted by molar-refractivity contribution is -0.119. The summed E-state index contributed by atoms with van der Waals surface area (Å²) in [6.07, 6.45) is 0. The molecule has 4 heteroatoms. The summed E-state index contributed by atoms with van der Waals surface area (Å²) in [6, 6.07) is 0.260. The smallest absolute Gasteiger partial charge is 0.217 e. The van der Waals surface area contributed by atoms with E-state index in [0.717, 1.165) is 32.7 Å². The summed E-state index contributed by atoms with van der Waals surface area (Å²) in [5, 5.41) is 6.19. The molecular weight excluding hydrogens is 166 g/mol. The normalized spacial score (nSPS) is 21.1. The monoisotopic (exact) mass is 185 g/mol. The highest BCUT2D eigenvalue weighted by atomic mass is 16.1. The zero-order chi connectivity index (χ0) is 9.68. The van der Waals surface area contributed by atoms with Gasteiger partial charge in [-0.2, -0.15) is 0 Å². The second-order valence-electron chi connectivity index (χ2n) is 3.65. The van der Waals surface area contributed by atoms with E-state index in [-0.39, 0.29) is 11.9 Å². The molecule has 1 fully saturated rings. The fraction of sp³-hybridized carbons (Fsp3) is 0.889. The van der Waals surface area contributed by atoms with Gasteiger partial charge in [0.1, 0.15) is 0 Å². The quantitative estimate of drug-likeness (QED) is 0.618. The molecule has 0 bridgehead atoms. The summed E-state index contributed by atoms with van der Waals surface area (Å²) in [4.78, 5) is 13.1. The molecule has 1 saturated heterocycles. The third-order valence-corrected chi connectivity index (χ3v) is 2.19. The van der Waals surface area contributed by atoms with Gasteiger partial charge in [0.15, 0.2) is 0 Å². The predicted molar refractivity (Wildman–Crippen MR) is 52.6 cm³/mol. The highest BCUT2D eigenvalue weighted by Gasteiger charge is 2.12. The van der Waals surface area contributed by atoms with Gasteiger partial charge in [-0.05, 0) is 6.92 Å². The molecule has 1 unspecified atom stereocenters. The van der Waals surface area contributed by atoms with Crippen LogP contribution in [0, 0.1) is 0 Å². The summed E-state index contributed by atoms with van der Waals surface area (Å²) in [6.45, 7) is 8.87. The van der Waals surface area contributed by atoms with Crippen LogP contribution in [-0.4, -0.2) is 49.6 Å². The Hall–Kier alpha value is -0.610. The van der Waals surface area contributed by atoms with Crippen LogP contribution in [0.3, 0.4) is 0 Å². The molecule has 1 amide bonds. The van der Waals surface area contributed by atoms with Crippen LogP contribution in [0.25, 0.3) is 0 Å². The molecule has 0 spiro atoms. The van der Waals surface area contributed by atoms with E-state index in [2.05, 4.69) is 15.5 Å². The van der Waals surface area contributed by atoms with Gasteiger partial charge in [0.05, 0.1) is 0 Å². The second-order valence-corrected chi connectivity index (χ2v) is 3.65. The minimum absolute atomic E-state index is 0.0580.